The van der Waals surface area contributed by atoms with E-state index in [1.807, 2.05) is 4.90 Å². The number of rotatable bonds is 4. The van der Waals surface area contributed by atoms with Gasteiger partial charge in [-0.2, -0.15) is 13.2 Å². The van der Waals surface area contributed by atoms with Crippen LogP contribution in [0.1, 0.15) is 49.7 Å². The van der Waals surface area contributed by atoms with E-state index in [0.717, 1.165) is 31.5 Å². The van der Waals surface area contributed by atoms with Crippen LogP contribution >= 0.6 is 0 Å². The number of nitrogens with one attached hydrogen (secondary N) is 1. The normalized spacial score (nSPS) is 19.9. The molecule has 27 heavy (non-hydrogen) atoms. The van der Waals surface area contributed by atoms with Crippen LogP contribution in [0.5, 0.6) is 0 Å². The Morgan fingerprint density at radius 3 is 2.44 bits per heavy atom. The third-order valence-corrected chi connectivity index (χ3v) is 5.59. The quantitative estimate of drug-likeness (QED) is 0.798. The lowest BCUT2D eigenvalue weighted by atomic mass is 9.87. The number of benzene rings is 1. The van der Waals surface area contributed by atoms with E-state index in [2.05, 4.69) is 5.32 Å². The van der Waals surface area contributed by atoms with Crippen molar-refractivity contribution in [1.29, 1.82) is 0 Å². The van der Waals surface area contributed by atoms with Crippen LogP contribution in [0.25, 0.3) is 0 Å². The van der Waals surface area contributed by atoms with E-state index in [-0.39, 0.29) is 17.8 Å². The van der Waals surface area contributed by atoms with Gasteiger partial charge in [-0.1, -0.05) is 6.07 Å². The number of carbonyl (C=O) groups is 1. The number of esters is 1. The molecule has 1 aromatic carbocycles. The topological polar surface area (TPSA) is 41.6 Å². The van der Waals surface area contributed by atoms with Crippen molar-refractivity contribution in [3.63, 3.8) is 0 Å². The zero-order chi connectivity index (χ0) is 19.4. The summed E-state index contributed by atoms with van der Waals surface area (Å²) in [6.45, 7) is 5.05. The summed E-state index contributed by atoms with van der Waals surface area (Å²) in [4.78, 5) is 14.0. The van der Waals surface area contributed by atoms with Crippen molar-refractivity contribution in [2.75, 3.05) is 37.7 Å². The van der Waals surface area contributed by atoms with Crippen LogP contribution in [0.3, 0.4) is 0 Å². The zero-order valence-corrected chi connectivity index (χ0v) is 15.6. The molecule has 0 saturated carbocycles. The summed E-state index contributed by atoms with van der Waals surface area (Å²) in [6.07, 6.45) is -1.28. The summed E-state index contributed by atoms with van der Waals surface area (Å²) < 4.78 is 44.9. The highest BCUT2D eigenvalue weighted by Crippen LogP contribution is 2.39. The maximum Gasteiger partial charge on any atom is 0.416 e. The molecule has 0 aliphatic carbocycles. The molecule has 0 bridgehead atoms. The van der Waals surface area contributed by atoms with Crippen LogP contribution < -0.4 is 10.2 Å². The fourth-order valence-electron chi connectivity index (χ4n) is 4.09. The molecule has 2 heterocycles. The minimum Gasteiger partial charge on any atom is -0.466 e. The molecule has 0 atom stereocenters. The summed E-state index contributed by atoms with van der Waals surface area (Å²) in [5.41, 5.74) is 1.07. The predicted molar refractivity (Wildman–Crippen MR) is 97.9 cm³/mol. The van der Waals surface area contributed by atoms with Crippen molar-refractivity contribution < 1.29 is 22.7 Å². The van der Waals surface area contributed by atoms with Gasteiger partial charge in [0.25, 0.3) is 0 Å². The molecule has 1 N–H and O–H groups in total. The number of alkyl halides is 3. The Bertz CT molecular complexity index is 649. The van der Waals surface area contributed by atoms with Crippen molar-refractivity contribution in [3.8, 4) is 0 Å². The molecule has 4 nitrogen and oxygen atoms in total. The molecule has 2 saturated heterocycles. The fourth-order valence-corrected chi connectivity index (χ4v) is 4.09. The average molecular weight is 384 g/mol. The number of piperidine rings is 2. The van der Waals surface area contributed by atoms with Crippen LogP contribution in [0.4, 0.5) is 18.9 Å². The molecule has 0 aromatic heterocycles. The van der Waals surface area contributed by atoms with Crippen molar-refractivity contribution in [2.24, 2.45) is 5.92 Å². The number of hydrogen-bond donors (Lipinski definition) is 1. The first-order valence-corrected chi connectivity index (χ1v) is 9.73. The Morgan fingerprint density at radius 1 is 1.19 bits per heavy atom. The van der Waals surface area contributed by atoms with Crippen molar-refractivity contribution in [3.05, 3.63) is 29.3 Å². The molecular formula is C20H27F3N2O2. The minimum absolute atomic E-state index is 0.158. The summed E-state index contributed by atoms with van der Waals surface area (Å²) in [7, 11) is 0. The first-order chi connectivity index (χ1) is 12.9. The van der Waals surface area contributed by atoms with Gasteiger partial charge in [0.2, 0.25) is 0 Å². The van der Waals surface area contributed by atoms with Crippen LogP contribution in [0, 0.1) is 5.92 Å². The molecule has 2 aliphatic rings. The highest BCUT2D eigenvalue weighted by atomic mass is 19.4. The van der Waals surface area contributed by atoms with Crippen molar-refractivity contribution in [1.82, 2.24) is 5.32 Å². The maximum atomic E-state index is 13.3. The largest absolute Gasteiger partial charge is 0.466 e. The Hall–Kier alpha value is -1.76. The molecule has 0 spiro atoms. The highest BCUT2D eigenvalue weighted by Gasteiger charge is 2.34. The molecule has 2 fully saturated rings. The van der Waals surface area contributed by atoms with Gasteiger partial charge < -0.3 is 15.0 Å². The van der Waals surface area contributed by atoms with E-state index >= 15 is 0 Å². The van der Waals surface area contributed by atoms with Gasteiger partial charge in [0, 0.05) is 18.8 Å². The lowest BCUT2D eigenvalue weighted by Gasteiger charge is -2.36. The SMILES string of the molecule is CCOC(=O)C1CCN(c2cc(C(F)(F)F)ccc2C2CCNCC2)CC1. The van der Waals surface area contributed by atoms with E-state index in [1.54, 1.807) is 13.0 Å². The van der Waals surface area contributed by atoms with Crippen LogP contribution in [0.2, 0.25) is 0 Å². The van der Waals surface area contributed by atoms with Gasteiger partial charge in [0.15, 0.2) is 0 Å². The van der Waals surface area contributed by atoms with Gasteiger partial charge in [0.05, 0.1) is 18.1 Å². The van der Waals surface area contributed by atoms with Gasteiger partial charge >= 0.3 is 12.1 Å². The molecule has 1 aromatic rings. The number of ether oxygens (including phenoxy) is 1. The van der Waals surface area contributed by atoms with E-state index in [0.29, 0.717) is 38.2 Å². The lowest BCUT2D eigenvalue weighted by Crippen LogP contribution is -2.38. The summed E-state index contributed by atoms with van der Waals surface area (Å²) >= 11 is 0. The third kappa shape index (κ3) is 4.75. The first-order valence-electron chi connectivity index (χ1n) is 9.73. The van der Waals surface area contributed by atoms with E-state index in [1.165, 1.54) is 12.1 Å². The van der Waals surface area contributed by atoms with Gasteiger partial charge in [-0.3, -0.25) is 4.79 Å². The number of halogens is 3. The highest BCUT2D eigenvalue weighted by molar-refractivity contribution is 5.73. The number of hydrogen-bond acceptors (Lipinski definition) is 4. The lowest BCUT2D eigenvalue weighted by molar-refractivity contribution is -0.148. The van der Waals surface area contributed by atoms with Crippen molar-refractivity contribution >= 4 is 11.7 Å². The Balaban J connectivity index is 1.82. The van der Waals surface area contributed by atoms with E-state index < -0.39 is 11.7 Å². The summed E-state index contributed by atoms with van der Waals surface area (Å²) in [6, 6.07) is 4.15. The Labute approximate surface area is 158 Å². The van der Waals surface area contributed by atoms with E-state index in [9.17, 15) is 18.0 Å². The molecule has 0 unspecified atom stereocenters. The predicted octanol–water partition coefficient (Wildman–Crippen LogP) is 3.95. The minimum atomic E-state index is -4.36. The molecule has 7 heteroatoms. The summed E-state index contributed by atoms with van der Waals surface area (Å²) in [5, 5.41) is 3.30. The van der Waals surface area contributed by atoms with Crippen LogP contribution in [-0.4, -0.2) is 38.8 Å². The van der Waals surface area contributed by atoms with Crippen molar-refractivity contribution in [2.45, 2.75) is 44.7 Å². The molecule has 0 amide bonds. The molecular weight excluding hydrogens is 357 g/mol. The molecule has 0 radical (unpaired) electrons. The zero-order valence-electron chi connectivity index (χ0n) is 15.6. The number of anilines is 1. The number of nitrogens with zero attached hydrogens (tertiary/aromatic N) is 1. The smallest absolute Gasteiger partial charge is 0.416 e. The molecule has 150 valence electrons. The second kappa shape index (κ2) is 8.50. The van der Waals surface area contributed by atoms with E-state index in [4.69, 9.17) is 4.74 Å². The maximum absolute atomic E-state index is 13.3. The average Bonchev–Trinajstić information content (AvgIpc) is 2.68. The van der Waals surface area contributed by atoms with Crippen LogP contribution in [0.15, 0.2) is 18.2 Å². The first kappa shape index (κ1) is 20.0. The monoisotopic (exact) mass is 384 g/mol. The molecule has 3 rings (SSSR count). The molecule has 2 aliphatic heterocycles. The van der Waals surface area contributed by atoms with Gasteiger partial charge in [0.1, 0.15) is 0 Å². The Morgan fingerprint density at radius 2 is 1.85 bits per heavy atom. The standard InChI is InChI=1S/C20H27F3N2O2/c1-2-27-19(26)15-7-11-25(12-8-15)18-13-16(20(21,22)23)3-4-17(18)14-5-9-24-10-6-14/h3-4,13-15,24H,2,5-12H2,1H3. The Kier molecular flexibility index (Phi) is 6.29. The van der Waals surface area contributed by atoms with Crippen LogP contribution in [-0.2, 0) is 15.7 Å². The second-order valence-corrected chi connectivity index (χ2v) is 7.31. The van der Waals surface area contributed by atoms with Gasteiger partial charge in [-0.05, 0) is 69.3 Å². The fraction of sp³-hybridized carbons (Fsp3) is 0.650. The second-order valence-electron chi connectivity index (χ2n) is 7.31. The number of carbonyl (C=O) groups excluding carboxylic acids is 1. The van der Waals surface area contributed by atoms with Gasteiger partial charge in [-0.25, -0.2) is 0 Å². The third-order valence-electron chi connectivity index (χ3n) is 5.59. The van der Waals surface area contributed by atoms with Gasteiger partial charge in [-0.15, -0.1) is 0 Å². The summed E-state index contributed by atoms with van der Waals surface area (Å²) in [5.74, 6) is -0.0830.